The molecule has 0 fully saturated rings. The predicted octanol–water partition coefficient (Wildman–Crippen LogP) is -1.65. The highest BCUT2D eigenvalue weighted by molar-refractivity contribution is 5.95. The monoisotopic (exact) mass is 290 g/mol. The summed E-state index contributed by atoms with van der Waals surface area (Å²) in [7, 11) is 2.18. The van der Waals surface area contributed by atoms with E-state index in [1.54, 1.807) is 0 Å². The van der Waals surface area contributed by atoms with E-state index in [0.717, 1.165) is 19.5 Å². The lowest BCUT2D eigenvalue weighted by Crippen LogP contribution is -3.00. The van der Waals surface area contributed by atoms with E-state index in [4.69, 9.17) is 0 Å². The highest BCUT2D eigenvalue weighted by Gasteiger charge is 2.20. The van der Waals surface area contributed by atoms with Gasteiger partial charge in [0.15, 0.2) is 12.3 Å². The fourth-order valence-electron chi connectivity index (χ4n) is 1.91. The van der Waals surface area contributed by atoms with E-state index in [2.05, 4.69) is 41.4 Å². The van der Waals surface area contributed by atoms with Crippen LogP contribution in [0.3, 0.4) is 0 Å². The Labute approximate surface area is 96.3 Å². The molecule has 0 atom stereocenters. The van der Waals surface area contributed by atoms with Crippen molar-refractivity contribution in [3.8, 4) is 0 Å². The second-order valence-electron chi connectivity index (χ2n) is 3.31. The molecule has 1 aliphatic rings. The Hall–Kier alpha value is -0.320. The van der Waals surface area contributed by atoms with Gasteiger partial charge in [0, 0.05) is 12.6 Å². The molecular weight excluding hydrogens is 275 g/mol. The van der Waals surface area contributed by atoms with Gasteiger partial charge >= 0.3 is 0 Å². The summed E-state index contributed by atoms with van der Waals surface area (Å²) in [6.07, 6.45) is 3.29. The number of nitrogens with zero attached hydrogens (tertiary/aromatic N) is 2. The summed E-state index contributed by atoms with van der Waals surface area (Å²) in [5.74, 6) is 0. The lowest BCUT2D eigenvalue weighted by molar-refractivity contribution is -0.502. The van der Waals surface area contributed by atoms with Crippen LogP contribution in [0.2, 0.25) is 0 Å². The summed E-state index contributed by atoms with van der Waals surface area (Å²) >= 11 is 0. The SMILES string of the molecule is CCC1=[N+](C)CCn2cccc21.[I-]. The number of aromatic nitrogens is 1. The van der Waals surface area contributed by atoms with Crippen molar-refractivity contribution in [1.29, 1.82) is 0 Å². The highest BCUT2D eigenvalue weighted by Crippen LogP contribution is 2.10. The molecule has 2 rings (SSSR count). The van der Waals surface area contributed by atoms with Gasteiger partial charge in [-0.25, -0.2) is 4.58 Å². The van der Waals surface area contributed by atoms with Crippen molar-refractivity contribution in [1.82, 2.24) is 4.57 Å². The van der Waals surface area contributed by atoms with Crippen LogP contribution in [-0.4, -0.2) is 28.4 Å². The van der Waals surface area contributed by atoms with E-state index >= 15 is 0 Å². The molecule has 0 bridgehead atoms. The van der Waals surface area contributed by atoms with E-state index in [9.17, 15) is 0 Å². The Balaban J connectivity index is 0.000000845. The Morgan fingerprint density at radius 3 is 3.00 bits per heavy atom. The fraction of sp³-hybridized carbons (Fsp3) is 0.500. The maximum atomic E-state index is 2.36. The molecular formula is C10H15IN2. The standard InChI is InChI=1S/C10H15N2.HI/c1-3-9-10-5-4-6-12(10)8-7-11(9)2;/h4-6H,3,7-8H2,1-2H3;1H/q+1;/p-1. The molecule has 1 aromatic heterocycles. The van der Waals surface area contributed by atoms with Gasteiger partial charge in [0.2, 0.25) is 0 Å². The minimum Gasteiger partial charge on any atom is -1.00 e. The molecule has 1 aliphatic heterocycles. The van der Waals surface area contributed by atoms with Crippen LogP contribution < -0.4 is 24.0 Å². The number of halogens is 1. The van der Waals surface area contributed by atoms with Crippen molar-refractivity contribution in [3.05, 3.63) is 24.0 Å². The molecule has 0 aromatic carbocycles. The van der Waals surface area contributed by atoms with E-state index in [0.29, 0.717) is 0 Å². The summed E-state index contributed by atoms with van der Waals surface area (Å²) in [4.78, 5) is 0. The molecule has 0 aliphatic carbocycles. The zero-order valence-electron chi connectivity index (χ0n) is 8.13. The molecule has 0 N–H and O–H groups in total. The van der Waals surface area contributed by atoms with E-state index < -0.39 is 0 Å². The van der Waals surface area contributed by atoms with Crippen molar-refractivity contribution in [2.45, 2.75) is 19.9 Å². The van der Waals surface area contributed by atoms with Crippen molar-refractivity contribution in [2.75, 3.05) is 13.6 Å². The summed E-state index contributed by atoms with van der Waals surface area (Å²) in [5, 5.41) is 0. The van der Waals surface area contributed by atoms with Crippen molar-refractivity contribution in [2.24, 2.45) is 0 Å². The van der Waals surface area contributed by atoms with E-state index in [1.165, 1.54) is 11.4 Å². The van der Waals surface area contributed by atoms with Gasteiger partial charge in [0.25, 0.3) is 0 Å². The molecule has 0 spiro atoms. The first-order valence-corrected chi connectivity index (χ1v) is 4.55. The second kappa shape index (κ2) is 4.26. The zero-order chi connectivity index (χ0) is 8.55. The van der Waals surface area contributed by atoms with Crippen molar-refractivity contribution in [3.63, 3.8) is 0 Å². The Morgan fingerprint density at radius 1 is 1.54 bits per heavy atom. The third-order valence-corrected chi connectivity index (χ3v) is 2.60. The van der Waals surface area contributed by atoms with Crippen molar-refractivity contribution < 1.29 is 28.6 Å². The van der Waals surface area contributed by atoms with Crippen LogP contribution in [0.4, 0.5) is 0 Å². The first-order valence-electron chi connectivity index (χ1n) is 4.55. The first kappa shape index (κ1) is 10.8. The average Bonchev–Trinajstić information content (AvgIpc) is 2.52. The molecule has 2 heterocycles. The molecule has 0 saturated heterocycles. The van der Waals surface area contributed by atoms with Gasteiger partial charge in [-0.2, -0.15) is 0 Å². The molecule has 3 heteroatoms. The van der Waals surface area contributed by atoms with Gasteiger partial charge in [0.1, 0.15) is 12.7 Å². The number of hydrogen-bond donors (Lipinski definition) is 0. The molecule has 0 saturated carbocycles. The van der Waals surface area contributed by atoms with Gasteiger partial charge in [-0.15, -0.1) is 0 Å². The Bertz CT molecular complexity index is 325. The fourth-order valence-corrected chi connectivity index (χ4v) is 1.91. The van der Waals surface area contributed by atoms with Crippen LogP contribution in [0.5, 0.6) is 0 Å². The largest absolute Gasteiger partial charge is 1.00 e. The van der Waals surface area contributed by atoms with Crippen LogP contribution in [0, 0.1) is 0 Å². The number of rotatable bonds is 1. The summed E-state index contributed by atoms with van der Waals surface area (Å²) in [6.45, 7) is 4.49. The molecule has 0 radical (unpaired) electrons. The lowest BCUT2D eigenvalue weighted by Gasteiger charge is -2.14. The van der Waals surface area contributed by atoms with Crippen LogP contribution in [-0.2, 0) is 6.54 Å². The van der Waals surface area contributed by atoms with Gasteiger partial charge in [-0.05, 0) is 12.1 Å². The minimum atomic E-state index is 0. The third kappa shape index (κ3) is 1.80. The molecule has 72 valence electrons. The topological polar surface area (TPSA) is 7.94 Å². The van der Waals surface area contributed by atoms with Gasteiger partial charge in [0.05, 0.1) is 6.54 Å². The molecule has 0 amide bonds. The van der Waals surface area contributed by atoms with Crippen LogP contribution >= 0.6 is 0 Å². The lowest BCUT2D eigenvalue weighted by atomic mass is 10.2. The number of hydrogen-bond acceptors (Lipinski definition) is 0. The average molecular weight is 290 g/mol. The van der Waals surface area contributed by atoms with E-state index in [-0.39, 0.29) is 24.0 Å². The maximum Gasteiger partial charge on any atom is 0.199 e. The minimum absolute atomic E-state index is 0. The molecule has 13 heavy (non-hydrogen) atoms. The first-order chi connectivity index (χ1) is 5.83. The third-order valence-electron chi connectivity index (χ3n) is 2.60. The van der Waals surface area contributed by atoms with Crippen LogP contribution in [0.15, 0.2) is 18.3 Å². The van der Waals surface area contributed by atoms with Crippen LogP contribution in [0.25, 0.3) is 0 Å². The second-order valence-corrected chi connectivity index (χ2v) is 3.31. The normalized spacial score (nSPS) is 15.2. The van der Waals surface area contributed by atoms with Crippen LogP contribution in [0.1, 0.15) is 19.0 Å². The van der Waals surface area contributed by atoms with Crippen molar-refractivity contribution >= 4 is 5.71 Å². The van der Waals surface area contributed by atoms with Gasteiger partial charge in [-0.3, -0.25) is 0 Å². The van der Waals surface area contributed by atoms with Gasteiger partial charge < -0.3 is 28.5 Å². The molecule has 1 aromatic rings. The molecule has 0 unspecified atom stereocenters. The highest BCUT2D eigenvalue weighted by atomic mass is 127. The Morgan fingerprint density at radius 2 is 2.31 bits per heavy atom. The predicted molar refractivity (Wildman–Crippen MR) is 49.9 cm³/mol. The summed E-state index contributed by atoms with van der Waals surface area (Å²) < 4.78 is 4.69. The zero-order valence-corrected chi connectivity index (χ0v) is 10.3. The smallest absolute Gasteiger partial charge is 0.199 e. The van der Waals surface area contributed by atoms with Gasteiger partial charge in [-0.1, -0.05) is 6.92 Å². The van der Waals surface area contributed by atoms with E-state index in [1.807, 2.05) is 0 Å². The quantitative estimate of drug-likeness (QED) is 0.432. The summed E-state index contributed by atoms with van der Waals surface area (Å²) in [5.41, 5.74) is 2.86. The maximum absolute atomic E-state index is 2.36. The summed E-state index contributed by atoms with van der Waals surface area (Å²) in [6, 6.07) is 4.33. The molecule has 2 nitrogen and oxygen atoms in total. The number of likely N-dealkylation sites (N-methyl/N-ethyl adjacent to an activating group) is 1. The Kier molecular flexibility index (Phi) is 3.53. The number of fused-ring (bicyclic) bond motifs is 1.